The van der Waals surface area contributed by atoms with E-state index in [-0.39, 0.29) is 5.92 Å². The summed E-state index contributed by atoms with van der Waals surface area (Å²) in [6.45, 7) is 5.41. The second kappa shape index (κ2) is 6.59. The van der Waals surface area contributed by atoms with Crippen LogP contribution < -0.4 is 4.74 Å². The van der Waals surface area contributed by atoms with Crippen molar-refractivity contribution in [2.24, 2.45) is 11.8 Å². The van der Waals surface area contributed by atoms with Gasteiger partial charge in [-0.3, -0.25) is 0 Å². The number of hydrogen-bond acceptors (Lipinski definition) is 3. The Balaban J connectivity index is 2.25. The first-order chi connectivity index (χ1) is 9.58. The number of ether oxygens (including phenoxy) is 2. The molecule has 0 radical (unpaired) electrons. The molecule has 0 aromatic heterocycles. The van der Waals surface area contributed by atoms with E-state index in [2.05, 4.69) is 13.8 Å². The zero-order chi connectivity index (χ0) is 14.6. The Morgan fingerprint density at radius 2 is 1.95 bits per heavy atom. The van der Waals surface area contributed by atoms with Gasteiger partial charge in [0.15, 0.2) is 0 Å². The van der Waals surface area contributed by atoms with E-state index in [4.69, 9.17) is 9.47 Å². The van der Waals surface area contributed by atoms with Crippen LogP contribution in [0.3, 0.4) is 0 Å². The maximum atomic E-state index is 11.2. The van der Waals surface area contributed by atoms with Crippen LogP contribution in [0.15, 0.2) is 24.3 Å². The van der Waals surface area contributed by atoms with Gasteiger partial charge in [0, 0.05) is 12.7 Å². The monoisotopic (exact) mass is 278 g/mol. The largest absolute Gasteiger partial charge is 0.491 e. The molecule has 1 saturated carbocycles. The number of para-hydroxylation sites is 1. The maximum absolute atomic E-state index is 11.2. The number of methoxy groups -OCH3 is 1. The summed E-state index contributed by atoms with van der Waals surface area (Å²) < 4.78 is 10.8. The van der Waals surface area contributed by atoms with Gasteiger partial charge in [-0.15, -0.1) is 0 Å². The number of rotatable bonds is 5. The summed E-state index contributed by atoms with van der Waals surface area (Å²) >= 11 is 0. The van der Waals surface area contributed by atoms with E-state index in [0.717, 1.165) is 24.2 Å². The molecule has 1 fully saturated rings. The minimum atomic E-state index is -0.776. The van der Waals surface area contributed by atoms with Crippen LogP contribution in [-0.4, -0.2) is 25.4 Å². The van der Waals surface area contributed by atoms with Crippen molar-refractivity contribution in [3.05, 3.63) is 29.8 Å². The van der Waals surface area contributed by atoms with E-state index in [9.17, 15) is 5.11 Å². The Morgan fingerprint density at radius 1 is 1.20 bits per heavy atom. The van der Waals surface area contributed by atoms with Crippen LogP contribution in [0.25, 0.3) is 0 Å². The fourth-order valence-electron chi connectivity index (χ4n) is 3.17. The van der Waals surface area contributed by atoms with Crippen molar-refractivity contribution in [2.45, 2.75) is 38.7 Å². The Morgan fingerprint density at radius 3 is 2.70 bits per heavy atom. The molecule has 0 amide bonds. The molecule has 1 aliphatic carbocycles. The highest BCUT2D eigenvalue weighted by atomic mass is 16.5. The lowest BCUT2D eigenvalue weighted by Crippen LogP contribution is -2.39. The molecule has 1 aliphatic rings. The minimum Gasteiger partial charge on any atom is -0.491 e. The molecule has 20 heavy (non-hydrogen) atoms. The Hall–Kier alpha value is -1.06. The Labute approximate surface area is 121 Å². The van der Waals surface area contributed by atoms with Crippen LogP contribution in [0, 0.1) is 11.8 Å². The van der Waals surface area contributed by atoms with E-state index >= 15 is 0 Å². The molecule has 0 spiro atoms. The first-order valence-electron chi connectivity index (χ1n) is 7.51. The van der Waals surface area contributed by atoms with Gasteiger partial charge in [-0.1, -0.05) is 38.5 Å². The van der Waals surface area contributed by atoms with E-state index < -0.39 is 5.60 Å². The number of benzene rings is 1. The van der Waals surface area contributed by atoms with Crippen molar-refractivity contribution in [2.75, 3.05) is 20.3 Å². The van der Waals surface area contributed by atoms with Crippen LogP contribution in [0.4, 0.5) is 0 Å². The normalized spacial score (nSPS) is 30.2. The van der Waals surface area contributed by atoms with E-state index in [0.29, 0.717) is 19.1 Å². The molecule has 3 unspecified atom stereocenters. The molecule has 3 atom stereocenters. The van der Waals surface area contributed by atoms with Gasteiger partial charge in [-0.25, -0.2) is 0 Å². The van der Waals surface area contributed by atoms with Crippen LogP contribution in [0.2, 0.25) is 0 Å². The first-order valence-corrected chi connectivity index (χ1v) is 7.51. The van der Waals surface area contributed by atoms with Gasteiger partial charge in [-0.05, 0) is 30.7 Å². The lowest BCUT2D eigenvalue weighted by Gasteiger charge is -2.42. The number of aliphatic hydroxyl groups is 1. The Bertz CT molecular complexity index is 432. The van der Waals surface area contributed by atoms with Crippen molar-refractivity contribution in [1.29, 1.82) is 0 Å². The summed E-state index contributed by atoms with van der Waals surface area (Å²) in [4.78, 5) is 0. The third kappa shape index (κ3) is 3.15. The van der Waals surface area contributed by atoms with Crippen LogP contribution >= 0.6 is 0 Å². The predicted molar refractivity (Wildman–Crippen MR) is 79.9 cm³/mol. The van der Waals surface area contributed by atoms with Crippen LogP contribution in [0.1, 0.15) is 38.7 Å². The quantitative estimate of drug-likeness (QED) is 0.839. The number of hydrogen-bond donors (Lipinski definition) is 1. The molecule has 1 aromatic carbocycles. The van der Waals surface area contributed by atoms with Gasteiger partial charge in [0.05, 0.1) is 12.2 Å². The van der Waals surface area contributed by atoms with Gasteiger partial charge in [-0.2, -0.15) is 0 Å². The van der Waals surface area contributed by atoms with Gasteiger partial charge in [0.1, 0.15) is 12.4 Å². The van der Waals surface area contributed by atoms with Crippen molar-refractivity contribution in [3.63, 3.8) is 0 Å². The minimum absolute atomic E-state index is 0.255. The molecule has 0 heterocycles. The second-order valence-corrected chi connectivity index (χ2v) is 6.05. The molecular weight excluding hydrogens is 252 g/mol. The fourth-order valence-corrected chi connectivity index (χ4v) is 3.17. The van der Waals surface area contributed by atoms with Crippen LogP contribution in [-0.2, 0) is 10.3 Å². The summed E-state index contributed by atoms with van der Waals surface area (Å²) in [5.74, 6) is 1.59. The standard InChI is InChI=1S/C17H26O3/c1-13-8-9-14(2)17(18,12-13)15-6-4-5-7-16(15)20-11-10-19-3/h4-7,13-14,18H,8-12H2,1-3H3. The zero-order valence-electron chi connectivity index (χ0n) is 12.8. The summed E-state index contributed by atoms with van der Waals surface area (Å²) in [6, 6.07) is 7.86. The molecule has 0 aliphatic heterocycles. The topological polar surface area (TPSA) is 38.7 Å². The fraction of sp³-hybridized carbons (Fsp3) is 0.647. The average Bonchev–Trinajstić information content (AvgIpc) is 2.44. The third-order valence-electron chi connectivity index (χ3n) is 4.47. The molecule has 3 nitrogen and oxygen atoms in total. The molecular formula is C17H26O3. The highest BCUT2D eigenvalue weighted by Gasteiger charge is 2.41. The highest BCUT2D eigenvalue weighted by molar-refractivity contribution is 5.39. The molecule has 112 valence electrons. The van der Waals surface area contributed by atoms with E-state index in [1.165, 1.54) is 6.42 Å². The summed E-state index contributed by atoms with van der Waals surface area (Å²) in [7, 11) is 1.66. The molecule has 2 rings (SSSR count). The van der Waals surface area contributed by atoms with Crippen molar-refractivity contribution < 1.29 is 14.6 Å². The van der Waals surface area contributed by atoms with Gasteiger partial charge in [0.2, 0.25) is 0 Å². The molecule has 1 N–H and O–H groups in total. The average molecular weight is 278 g/mol. The molecule has 3 heteroatoms. The summed E-state index contributed by atoms with van der Waals surface area (Å²) in [5.41, 5.74) is 0.150. The molecule has 0 saturated heterocycles. The zero-order valence-corrected chi connectivity index (χ0v) is 12.8. The molecule has 0 bridgehead atoms. The second-order valence-electron chi connectivity index (χ2n) is 6.05. The van der Waals surface area contributed by atoms with Gasteiger partial charge < -0.3 is 14.6 Å². The van der Waals surface area contributed by atoms with Crippen LogP contribution in [0.5, 0.6) is 5.75 Å². The smallest absolute Gasteiger partial charge is 0.125 e. The SMILES string of the molecule is COCCOc1ccccc1C1(O)CC(C)CCC1C. The highest BCUT2D eigenvalue weighted by Crippen LogP contribution is 2.46. The summed E-state index contributed by atoms with van der Waals surface area (Å²) in [6.07, 6.45) is 3.05. The lowest BCUT2D eigenvalue weighted by molar-refractivity contribution is -0.0645. The van der Waals surface area contributed by atoms with Crippen molar-refractivity contribution in [1.82, 2.24) is 0 Å². The van der Waals surface area contributed by atoms with Gasteiger partial charge >= 0.3 is 0 Å². The summed E-state index contributed by atoms with van der Waals surface area (Å²) in [5, 5.41) is 11.2. The lowest BCUT2D eigenvalue weighted by atomic mass is 9.68. The third-order valence-corrected chi connectivity index (χ3v) is 4.47. The molecule has 1 aromatic rings. The first kappa shape index (κ1) is 15.3. The van der Waals surface area contributed by atoms with Crippen molar-refractivity contribution in [3.8, 4) is 5.75 Å². The van der Waals surface area contributed by atoms with E-state index in [1.54, 1.807) is 7.11 Å². The predicted octanol–water partition coefficient (Wildman–Crippen LogP) is 3.36. The Kier molecular flexibility index (Phi) is 5.06. The van der Waals surface area contributed by atoms with E-state index in [1.807, 2.05) is 24.3 Å². The maximum Gasteiger partial charge on any atom is 0.125 e. The van der Waals surface area contributed by atoms with Gasteiger partial charge in [0.25, 0.3) is 0 Å². The van der Waals surface area contributed by atoms with Crippen molar-refractivity contribution >= 4 is 0 Å².